The van der Waals surface area contributed by atoms with Gasteiger partial charge < -0.3 is 5.32 Å². The van der Waals surface area contributed by atoms with Crippen LogP contribution in [0.3, 0.4) is 0 Å². The van der Waals surface area contributed by atoms with Crippen LogP contribution in [0.4, 0.5) is 4.39 Å². The van der Waals surface area contributed by atoms with Crippen LogP contribution >= 0.6 is 0 Å². The maximum absolute atomic E-state index is 13.1. The summed E-state index contributed by atoms with van der Waals surface area (Å²) in [5, 5.41) is 3.20. The fraction of sp³-hybridized carbons (Fsp3) is 0.167. The first-order chi connectivity index (χ1) is 11.6. The number of benzene rings is 2. The second-order valence-corrected chi connectivity index (χ2v) is 5.42. The van der Waals surface area contributed by atoms with Gasteiger partial charge in [-0.05, 0) is 36.2 Å². The molecule has 0 saturated carbocycles. The van der Waals surface area contributed by atoms with Gasteiger partial charge in [0.1, 0.15) is 12.4 Å². The van der Waals surface area contributed by atoms with Gasteiger partial charge in [-0.2, -0.15) is 0 Å². The van der Waals surface area contributed by atoms with Crippen LogP contribution < -0.4 is 10.9 Å². The molecule has 3 aromatic rings. The first kappa shape index (κ1) is 15.9. The highest BCUT2D eigenvalue weighted by atomic mass is 19.1. The van der Waals surface area contributed by atoms with Gasteiger partial charge >= 0.3 is 0 Å². The molecule has 0 aliphatic carbocycles. The highest BCUT2D eigenvalue weighted by molar-refractivity contribution is 5.78. The molecule has 0 atom stereocenters. The van der Waals surface area contributed by atoms with E-state index >= 15 is 0 Å². The van der Waals surface area contributed by atoms with Crippen LogP contribution in [0.1, 0.15) is 5.56 Å². The lowest BCUT2D eigenvalue weighted by molar-refractivity contribution is -0.121. The van der Waals surface area contributed by atoms with Gasteiger partial charge in [0.2, 0.25) is 5.91 Å². The van der Waals surface area contributed by atoms with Gasteiger partial charge in [0, 0.05) is 6.54 Å². The summed E-state index contributed by atoms with van der Waals surface area (Å²) in [5.74, 6) is -0.585. The zero-order valence-electron chi connectivity index (χ0n) is 12.9. The van der Waals surface area contributed by atoms with Gasteiger partial charge in [0.15, 0.2) is 0 Å². The zero-order valence-corrected chi connectivity index (χ0v) is 12.9. The van der Waals surface area contributed by atoms with Crippen molar-refractivity contribution in [2.45, 2.75) is 13.0 Å². The molecule has 24 heavy (non-hydrogen) atoms. The fourth-order valence-corrected chi connectivity index (χ4v) is 2.47. The minimum Gasteiger partial charge on any atom is -0.354 e. The molecule has 6 heteroatoms. The number of halogens is 1. The summed E-state index contributed by atoms with van der Waals surface area (Å²) in [7, 11) is 0. The van der Waals surface area contributed by atoms with Crippen molar-refractivity contribution < 1.29 is 9.18 Å². The Bertz CT molecular complexity index is 937. The van der Waals surface area contributed by atoms with Gasteiger partial charge in [-0.25, -0.2) is 9.37 Å². The van der Waals surface area contributed by atoms with Crippen LogP contribution in [0.5, 0.6) is 0 Å². The van der Waals surface area contributed by atoms with Crippen LogP contribution in [0.15, 0.2) is 59.7 Å². The summed E-state index contributed by atoms with van der Waals surface area (Å²) in [6, 6.07) is 13.2. The topological polar surface area (TPSA) is 64.0 Å². The third kappa shape index (κ3) is 3.65. The maximum Gasteiger partial charge on any atom is 0.261 e. The number of amides is 1. The van der Waals surface area contributed by atoms with E-state index in [0.29, 0.717) is 23.9 Å². The van der Waals surface area contributed by atoms with Crippen molar-refractivity contribution in [3.05, 3.63) is 76.6 Å². The number of nitrogens with one attached hydrogen (secondary N) is 1. The molecule has 3 rings (SSSR count). The lowest BCUT2D eigenvalue weighted by atomic mass is 10.1. The average Bonchev–Trinajstić information content (AvgIpc) is 2.58. The molecule has 1 amide bonds. The molecule has 5 nitrogen and oxygen atoms in total. The number of carbonyl (C=O) groups excluding carboxylic acids is 1. The predicted molar refractivity (Wildman–Crippen MR) is 89.1 cm³/mol. The molecule has 0 aliphatic heterocycles. The Balaban J connectivity index is 1.61. The Morgan fingerprint density at radius 3 is 2.83 bits per heavy atom. The van der Waals surface area contributed by atoms with Gasteiger partial charge in [-0.3, -0.25) is 14.2 Å². The quantitative estimate of drug-likeness (QED) is 0.779. The Morgan fingerprint density at radius 2 is 2.00 bits per heavy atom. The van der Waals surface area contributed by atoms with Crippen LogP contribution in [-0.2, 0) is 17.8 Å². The Morgan fingerprint density at radius 1 is 1.17 bits per heavy atom. The molecule has 0 radical (unpaired) electrons. The number of hydrogen-bond acceptors (Lipinski definition) is 3. The number of aromatic nitrogens is 2. The van der Waals surface area contributed by atoms with E-state index in [1.165, 1.54) is 23.0 Å². The number of hydrogen-bond donors (Lipinski definition) is 1. The van der Waals surface area contributed by atoms with E-state index in [1.807, 2.05) is 0 Å². The number of carbonyl (C=O) groups is 1. The molecule has 0 saturated heterocycles. The third-order valence-corrected chi connectivity index (χ3v) is 3.67. The summed E-state index contributed by atoms with van der Waals surface area (Å²) in [6.45, 7) is 0.276. The van der Waals surface area contributed by atoms with Crippen LogP contribution in [0, 0.1) is 5.82 Å². The number of fused-ring (bicyclic) bond motifs is 1. The zero-order chi connectivity index (χ0) is 16.9. The lowest BCUT2D eigenvalue weighted by Crippen LogP contribution is -2.33. The highest BCUT2D eigenvalue weighted by Crippen LogP contribution is 2.05. The van der Waals surface area contributed by atoms with E-state index in [-0.39, 0.29) is 23.8 Å². The summed E-state index contributed by atoms with van der Waals surface area (Å²) in [5.41, 5.74) is 1.16. The molecular formula is C18H16FN3O2. The lowest BCUT2D eigenvalue weighted by Gasteiger charge is -2.08. The third-order valence-electron chi connectivity index (χ3n) is 3.67. The molecule has 1 aromatic heterocycles. The van der Waals surface area contributed by atoms with Crippen LogP contribution in [-0.4, -0.2) is 22.0 Å². The number of rotatable bonds is 5. The van der Waals surface area contributed by atoms with E-state index in [9.17, 15) is 14.0 Å². The maximum atomic E-state index is 13.1. The van der Waals surface area contributed by atoms with E-state index in [0.717, 1.165) is 5.56 Å². The molecule has 2 aromatic carbocycles. The first-order valence-corrected chi connectivity index (χ1v) is 7.59. The largest absolute Gasteiger partial charge is 0.354 e. The van der Waals surface area contributed by atoms with Gasteiger partial charge in [0.25, 0.3) is 5.56 Å². The normalized spacial score (nSPS) is 10.7. The van der Waals surface area contributed by atoms with E-state index < -0.39 is 0 Å². The van der Waals surface area contributed by atoms with E-state index in [4.69, 9.17) is 0 Å². The second kappa shape index (κ2) is 7.04. The molecule has 0 fully saturated rings. The summed E-state index contributed by atoms with van der Waals surface area (Å²) in [6.07, 6.45) is 1.89. The predicted octanol–water partition coefficient (Wildman–Crippen LogP) is 1.89. The monoisotopic (exact) mass is 325 g/mol. The summed E-state index contributed by atoms with van der Waals surface area (Å²) in [4.78, 5) is 28.5. The standard InChI is InChI=1S/C18H16FN3O2/c19-14-5-3-4-13(10-14)8-9-20-17(23)11-22-12-21-16-7-2-1-6-15(16)18(22)24/h1-7,10,12H,8-9,11H2,(H,20,23). The minimum atomic E-state index is -0.299. The highest BCUT2D eigenvalue weighted by Gasteiger charge is 2.07. The molecule has 1 heterocycles. The smallest absolute Gasteiger partial charge is 0.261 e. The first-order valence-electron chi connectivity index (χ1n) is 7.59. The summed E-state index contributed by atoms with van der Waals surface area (Å²) >= 11 is 0. The van der Waals surface area contributed by atoms with Crippen molar-refractivity contribution >= 4 is 16.8 Å². The molecule has 122 valence electrons. The second-order valence-electron chi connectivity index (χ2n) is 5.42. The van der Waals surface area contributed by atoms with Crippen molar-refractivity contribution in [3.63, 3.8) is 0 Å². The van der Waals surface area contributed by atoms with Crippen LogP contribution in [0.25, 0.3) is 10.9 Å². The Kier molecular flexibility index (Phi) is 4.65. The van der Waals surface area contributed by atoms with Crippen molar-refractivity contribution in [2.75, 3.05) is 6.54 Å². The van der Waals surface area contributed by atoms with Crippen molar-refractivity contribution in [2.24, 2.45) is 0 Å². The molecule has 0 unspecified atom stereocenters. The average molecular weight is 325 g/mol. The van der Waals surface area contributed by atoms with E-state index in [1.54, 1.807) is 36.4 Å². The number of para-hydroxylation sites is 1. The fourth-order valence-electron chi connectivity index (χ4n) is 2.47. The van der Waals surface area contributed by atoms with Crippen molar-refractivity contribution in [3.8, 4) is 0 Å². The Labute approximate surface area is 137 Å². The van der Waals surface area contributed by atoms with Crippen molar-refractivity contribution in [1.29, 1.82) is 0 Å². The van der Waals surface area contributed by atoms with Gasteiger partial charge in [-0.1, -0.05) is 24.3 Å². The molecule has 0 spiro atoms. The molecule has 1 N–H and O–H groups in total. The minimum absolute atomic E-state index is 0.0974. The van der Waals surface area contributed by atoms with Crippen molar-refractivity contribution in [1.82, 2.24) is 14.9 Å². The molecular weight excluding hydrogens is 309 g/mol. The van der Waals surface area contributed by atoms with Gasteiger partial charge in [0.05, 0.1) is 17.2 Å². The molecule has 0 aliphatic rings. The number of nitrogens with zero attached hydrogens (tertiary/aromatic N) is 2. The van der Waals surface area contributed by atoms with Gasteiger partial charge in [-0.15, -0.1) is 0 Å². The van der Waals surface area contributed by atoms with E-state index in [2.05, 4.69) is 10.3 Å². The Hall–Kier alpha value is -3.02. The van der Waals surface area contributed by atoms with Crippen LogP contribution in [0.2, 0.25) is 0 Å². The molecule has 0 bridgehead atoms. The SMILES string of the molecule is O=C(Cn1cnc2ccccc2c1=O)NCCc1cccc(F)c1. The summed E-state index contributed by atoms with van der Waals surface area (Å²) < 4.78 is 14.4.